The Kier molecular flexibility index (Phi) is 3.09. The Morgan fingerprint density at radius 2 is 1.59 bits per heavy atom. The van der Waals surface area contributed by atoms with Crippen molar-refractivity contribution in [3.05, 3.63) is 48.5 Å². The molecule has 0 atom stereocenters. The predicted molar refractivity (Wildman–Crippen MR) is 69.3 cm³/mol. The van der Waals surface area contributed by atoms with E-state index in [1.54, 1.807) is 12.1 Å². The number of hydrogen-bond donors (Lipinski definition) is 1. The summed E-state index contributed by atoms with van der Waals surface area (Å²) in [5.41, 5.74) is 7.53. The third kappa shape index (κ3) is 2.43. The summed E-state index contributed by atoms with van der Waals surface area (Å²) in [6.45, 7) is 0. The molecular formula is C12H10ClNO2S. The molecule has 0 aliphatic heterocycles. The first-order valence-corrected chi connectivity index (χ1v) is 7.19. The Morgan fingerprint density at radius 1 is 0.941 bits per heavy atom. The van der Waals surface area contributed by atoms with Gasteiger partial charge in [0, 0.05) is 16.2 Å². The van der Waals surface area contributed by atoms with E-state index in [1.165, 1.54) is 6.07 Å². The van der Waals surface area contributed by atoms with Gasteiger partial charge in [-0.05, 0) is 11.6 Å². The lowest BCUT2D eigenvalue weighted by Crippen LogP contribution is -2.00. The molecule has 0 heterocycles. The van der Waals surface area contributed by atoms with Gasteiger partial charge in [-0.3, -0.25) is 0 Å². The second kappa shape index (κ2) is 4.39. The van der Waals surface area contributed by atoms with E-state index >= 15 is 0 Å². The average molecular weight is 268 g/mol. The molecule has 0 aliphatic rings. The molecule has 0 unspecified atom stereocenters. The van der Waals surface area contributed by atoms with Gasteiger partial charge in [0.2, 0.25) is 0 Å². The summed E-state index contributed by atoms with van der Waals surface area (Å²) < 4.78 is 22.6. The summed E-state index contributed by atoms with van der Waals surface area (Å²) in [5, 5.41) is 0. The van der Waals surface area contributed by atoms with Crippen molar-refractivity contribution >= 4 is 25.4 Å². The topological polar surface area (TPSA) is 60.2 Å². The van der Waals surface area contributed by atoms with Crippen LogP contribution in [0.2, 0.25) is 0 Å². The van der Waals surface area contributed by atoms with E-state index in [0.29, 0.717) is 5.56 Å². The SMILES string of the molecule is Nc1c(-c2ccccc2)cccc1S(=O)(=O)Cl. The third-order valence-corrected chi connectivity index (χ3v) is 3.79. The van der Waals surface area contributed by atoms with Crippen molar-refractivity contribution in [3.8, 4) is 11.1 Å². The van der Waals surface area contributed by atoms with Crippen LogP contribution in [0.25, 0.3) is 11.1 Å². The van der Waals surface area contributed by atoms with Gasteiger partial charge in [0.1, 0.15) is 4.90 Å². The van der Waals surface area contributed by atoms with Crippen LogP contribution in [0.3, 0.4) is 0 Å². The van der Waals surface area contributed by atoms with Crippen molar-refractivity contribution < 1.29 is 8.42 Å². The molecule has 0 amide bonds. The quantitative estimate of drug-likeness (QED) is 0.672. The summed E-state index contributed by atoms with van der Waals surface area (Å²) in [5.74, 6) is 0. The molecule has 88 valence electrons. The summed E-state index contributed by atoms with van der Waals surface area (Å²) in [6.07, 6.45) is 0. The minimum absolute atomic E-state index is 0.0551. The van der Waals surface area contributed by atoms with Crippen molar-refractivity contribution in [2.24, 2.45) is 0 Å². The van der Waals surface area contributed by atoms with Crippen LogP contribution in [0.5, 0.6) is 0 Å². The smallest absolute Gasteiger partial charge is 0.263 e. The van der Waals surface area contributed by atoms with Gasteiger partial charge in [0.05, 0.1) is 5.69 Å². The second-order valence-electron chi connectivity index (χ2n) is 3.52. The van der Waals surface area contributed by atoms with E-state index in [9.17, 15) is 8.42 Å². The number of nitrogen functional groups attached to an aromatic ring is 1. The van der Waals surface area contributed by atoms with Crippen LogP contribution in [-0.4, -0.2) is 8.42 Å². The lowest BCUT2D eigenvalue weighted by atomic mass is 10.0. The highest BCUT2D eigenvalue weighted by Crippen LogP contribution is 2.32. The fourth-order valence-electron chi connectivity index (χ4n) is 1.63. The molecule has 0 fully saturated rings. The largest absolute Gasteiger partial charge is 0.397 e. The zero-order valence-corrected chi connectivity index (χ0v) is 10.4. The van der Waals surface area contributed by atoms with E-state index in [0.717, 1.165) is 5.56 Å². The van der Waals surface area contributed by atoms with Gasteiger partial charge < -0.3 is 5.73 Å². The van der Waals surface area contributed by atoms with Crippen molar-refractivity contribution in [2.45, 2.75) is 4.90 Å². The summed E-state index contributed by atoms with van der Waals surface area (Å²) in [6, 6.07) is 14.1. The second-order valence-corrected chi connectivity index (χ2v) is 6.06. The molecule has 3 nitrogen and oxygen atoms in total. The zero-order valence-electron chi connectivity index (χ0n) is 8.80. The fourth-order valence-corrected chi connectivity index (χ4v) is 2.64. The molecule has 0 aliphatic carbocycles. The van der Waals surface area contributed by atoms with Gasteiger partial charge in [0.25, 0.3) is 9.05 Å². The van der Waals surface area contributed by atoms with Gasteiger partial charge in [-0.2, -0.15) is 0 Å². The maximum atomic E-state index is 11.3. The third-order valence-electron chi connectivity index (χ3n) is 2.41. The molecule has 0 saturated heterocycles. The van der Waals surface area contributed by atoms with Gasteiger partial charge in [-0.25, -0.2) is 8.42 Å². The lowest BCUT2D eigenvalue weighted by Gasteiger charge is -2.08. The minimum atomic E-state index is -3.82. The summed E-state index contributed by atoms with van der Waals surface area (Å²) in [7, 11) is 1.50. The van der Waals surface area contributed by atoms with E-state index in [1.807, 2.05) is 30.3 Å². The van der Waals surface area contributed by atoms with Crippen LogP contribution < -0.4 is 5.73 Å². The number of anilines is 1. The van der Waals surface area contributed by atoms with E-state index in [-0.39, 0.29) is 10.6 Å². The van der Waals surface area contributed by atoms with Gasteiger partial charge in [-0.15, -0.1) is 0 Å². The molecule has 5 heteroatoms. The number of benzene rings is 2. The van der Waals surface area contributed by atoms with Crippen LogP contribution in [0.15, 0.2) is 53.4 Å². The molecule has 0 saturated carbocycles. The highest BCUT2D eigenvalue weighted by atomic mass is 35.7. The van der Waals surface area contributed by atoms with E-state index < -0.39 is 9.05 Å². The number of rotatable bonds is 2. The van der Waals surface area contributed by atoms with Gasteiger partial charge in [0.15, 0.2) is 0 Å². The Balaban J connectivity index is 2.67. The first-order chi connectivity index (χ1) is 8.00. The maximum Gasteiger partial charge on any atom is 0.263 e. The normalized spacial score (nSPS) is 11.4. The molecule has 2 rings (SSSR count). The monoisotopic (exact) mass is 267 g/mol. The Hall–Kier alpha value is -1.52. The Labute approximate surface area is 104 Å². The van der Waals surface area contributed by atoms with Gasteiger partial charge in [-0.1, -0.05) is 42.5 Å². The summed E-state index contributed by atoms with van der Waals surface area (Å²) >= 11 is 0. The molecule has 0 radical (unpaired) electrons. The molecule has 0 aromatic heterocycles. The standard InChI is InChI=1S/C12H10ClNO2S/c13-17(15,16)11-8-4-7-10(12(11)14)9-5-2-1-3-6-9/h1-8H,14H2. The molecule has 17 heavy (non-hydrogen) atoms. The van der Waals surface area contributed by atoms with Crippen molar-refractivity contribution in [1.29, 1.82) is 0 Å². The number of halogens is 1. The highest BCUT2D eigenvalue weighted by molar-refractivity contribution is 8.13. The Bertz CT molecular complexity index is 639. The van der Waals surface area contributed by atoms with Crippen LogP contribution in [0.4, 0.5) is 5.69 Å². The van der Waals surface area contributed by atoms with Crippen molar-refractivity contribution in [3.63, 3.8) is 0 Å². The molecule has 2 aromatic carbocycles. The van der Waals surface area contributed by atoms with Crippen LogP contribution in [-0.2, 0) is 9.05 Å². The molecule has 0 spiro atoms. The molecular weight excluding hydrogens is 258 g/mol. The number of nitrogens with two attached hydrogens (primary N) is 1. The molecule has 2 aromatic rings. The first-order valence-electron chi connectivity index (χ1n) is 4.89. The lowest BCUT2D eigenvalue weighted by molar-refractivity contribution is 0.610. The minimum Gasteiger partial charge on any atom is -0.397 e. The van der Waals surface area contributed by atoms with Gasteiger partial charge >= 0.3 is 0 Å². The van der Waals surface area contributed by atoms with E-state index in [2.05, 4.69) is 0 Å². The zero-order chi connectivity index (χ0) is 12.5. The van der Waals surface area contributed by atoms with Crippen LogP contribution in [0, 0.1) is 0 Å². The van der Waals surface area contributed by atoms with Crippen molar-refractivity contribution in [2.75, 3.05) is 5.73 Å². The molecule has 2 N–H and O–H groups in total. The fraction of sp³-hybridized carbons (Fsp3) is 0. The first kappa shape index (κ1) is 12.0. The average Bonchev–Trinajstić information content (AvgIpc) is 2.29. The predicted octanol–water partition coefficient (Wildman–Crippen LogP) is 2.86. The van der Waals surface area contributed by atoms with E-state index in [4.69, 9.17) is 16.4 Å². The van der Waals surface area contributed by atoms with Crippen LogP contribution in [0.1, 0.15) is 0 Å². The number of hydrogen-bond acceptors (Lipinski definition) is 3. The summed E-state index contributed by atoms with van der Waals surface area (Å²) in [4.78, 5) is -0.0551. The molecule has 0 bridgehead atoms. The Morgan fingerprint density at radius 3 is 2.18 bits per heavy atom. The van der Waals surface area contributed by atoms with Crippen LogP contribution >= 0.6 is 10.7 Å². The van der Waals surface area contributed by atoms with Crippen molar-refractivity contribution in [1.82, 2.24) is 0 Å². The maximum absolute atomic E-state index is 11.3. The highest BCUT2D eigenvalue weighted by Gasteiger charge is 2.16. The number of para-hydroxylation sites is 1.